The maximum absolute atomic E-state index is 12.5. The molecule has 5 rings (SSSR count). The summed E-state index contributed by atoms with van der Waals surface area (Å²) in [5.74, 6) is 0.741. The van der Waals surface area contributed by atoms with E-state index in [1.165, 1.54) is 0 Å². The van der Waals surface area contributed by atoms with Gasteiger partial charge in [-0.15, -0.1) is 0 Å². The molecule has 2 fully saturated rings. The second kappa shape index (κ2) is 6.05. The molecule has 136 valence electrons. The van der Waals surface area contributed by atoms with Crippen LogP contribution in [0.2, 0.25) is 0 Å². The molecule has 0 bridgehead atoms. The van der Waals surface area contributed by atoms with Crippen molar-refractivity contribution in [2.75, 3.05) is 13.1 Å². The van der Waals surface area contributed by atoms with E-state index in [1.807, 2.05) is 47.5 Å². The summed E-state index contributed by atoms with van der Waals surface area (Å²) in [5, 5.41) is 0. The van der Waals surface area contributed by atoms with Crippen molar-refractivity contribution in [3.8, 4) is 11.1 Å². The van der Waals surface area contributed by atoms with E-state index >= 15 is 0 Å². The summed E-state index contributed by atoms with van der Waals surface area (Å²) in [6.45, 7) is 1.74. The first-order chi connectivity index (χ1) is 13.1. The van der Waals surface area contributed by atoms with Crippen molar-refractivity contribution in [3.05, 3.63) is 53.6 Å². The highest BCUT2D eigenvalue weighted by Gasteiger charge is 2.47. The number of aliphatic imine (C=N–C) groups is 2. The Morgan fingerprint density at radius 1 is 1.00 bits per heavy atom. The van der Waals surface area contributed by atoms with E-state index in [1.54, 1.807) is 0 Å². The minimum Gasteiger partial charge on any atom is -0.385 e. The largest absolute Gasteiger partial charge is 0.385 e. The maximum Gasteiger partial charge on any atom is 0.253 e. The molecule has 2 N–H and O–H groups in total. The van der Waals surface area contributed by atoms with Crippen LogP contribution in [0.3, 0.4) is 0 Å². The highest BCUT2D eigenvalue weighted by Crippen LogP contribution is 2.42. The van der Waals surface area contributed by atoms with Crippen molar-refractivity contribution >= 4 is 23.6 Å². The number of rotatable bonds is 2. The number of carbonyl (C=O) groups excluding carboxylic acids is 1. The Kier molecular flexibility index (Phi) is 3.64. The summed E-state index contributed by atoms with van der Waals surface area (Å²) < 4.78 is 0. The molecule has 0 radical (unpaired) electrons. The van der Waals surface area contributed by atoms with Crippen LogP contribution in [-0.4, -0.2) is 41.5 Å². The standard InChI is InChI=1S/C22H22N4O/c23-21-22(9-10-22)24-14-18-8-7-17(13-19(18)25-21)15-3-5-16(6-4-15)20(27)26-11-1-2-12-26/h3-8,13-14H,1-2,9-12H2,(H2,23,25). The number of nitrogens with zero attached hydrogens (tertiary/aromatic N) is 3. The van der Waals surface area contributed by atoms with Crippen LogP contribution in [0, 0.1) is 0 Å². The smallest absolute Gasteiger partial charge is 0.253 e. The van der Waals surface area contributed by atoms with Gasteiger partial charge in [-0.3, -0.25) is 9.79 Å². The van der Waals surface area contributed by atoms with Gasteiger partial charge in [0.25, 0.3) is 5.91 Å². The van der Waals surface area contributed by atoms with E-state index in [0.29, 0.717) is 5.84 Å². The summed E-state index contributed by atoms with van der Waals surface area (Å²) in [5.41, 5.74) is 10.7. The first kappa shape index (κ1) is 16.2. The van der Waals surface area contributed by atoms with E-state index in [4.69, 9.17) is 5.73 Å². The van der Waals surface area contributed by atoms with E-state index in [-0.39, 0.29) is 11.4 Å². The molecule has 2 aliphatic heterocycles. The fourth-order valence-electron chi connectivity index (χ4n) is 3.83. The number of benzene rings is 2. The normalized spacial score (nSPS) is 19.6. The summed E-state index contributed by atoms with van der Waals surface area (Å²) in [4.78, 5) is 23.7. The fourth-order valence-corrected chi connectivity index (χ4v) is 3.83. The van der Waals surface area contributed by atoms with Crippen LogP contribution in [0.15, 0.2) is 52.4 Å². The Morgan fingerprint density at radius 3 is 2.41 bits per heavy atom. The van der Waals surface area contributed by atoms with Gasteiger partial charge in [0.1, 0.15) is 11.4 Å². The Hall–Kier alpha value is -2.95. The van der Waals surface area contributed by atoms with Crippen LogP contribution in [0.1, 0.15) is 41.6 Å². The molecule has 1 saturated heterocycles. The number of carbonyl (C=O) groups is 1. The molecule has 1 aliphatic carbocycles. The van der Waals surface area contributed by atoms with Crippen LogP contribution in [0.4, 0.5) is 5.69 Å². The minimum atomic E-state index is -0.253. The molecule has 1 saturated carbocycles. The van der Waals surface area contributed by atoms with Crippen LogP contribution in [-0.2, 0) is 0 Å². The lowest BCUT2D eigenvalue weighted by Crippen LogP contribution is -2.28. The molecular formula is C22H22N4O. The SMILES string of the molecule is NC1=Nc2cc(-c3ccc(C(=O)N4CCCC4)cc3)ccc2C=NC12CC2. The Balaban J connectivity index is 1.43. The number of fused-ring (bicyclic) bond motifs is 1. The number of nitrogens with two attached hydrogens (primary N) is 1. The Morgan fingerprint density at radius 2 is 1.70 bits per heavy atom. The number of hydrogen-bond donors (Lipinski definition) is 1. The Bertz CT molecular complexity index is 964. The summed E-state index contributed by atoms with van der Waals surface area (Å²) in [6.07, 6.45) is 6.06. The highest BCUT2D eigenvalue weighted by molar-refractivity contribution is 6.02. The van der Waals surface area contributed by atoms with Crippen molar-refractivity contribution in [2.24, 2.45) is 15.7 Å². The van der Waals surface area contributed by atoms with Crippen molar-refractivity contribution < 1.29 is 4.79 Å². The summed E-state index contributed by atoms with van der Waals surface area (Å²) in [7, 11) is 0. The average Bonchev–Trinajstić information content (AvgIpc) is 3.33. The third-order valence-electron chi connectivity index (χ3n) is 5.78. The monoisotopic (exact) mass is 358 g/mol. The molecule has 1 spiro atoms. The van der Waals surface area contributed by atoms with Crippen molar-refractivity contribution in [1.29, 1.82) is 0 Å². The molecule has 5 heteroatoms. The minimum absolute atomic E-state index is 0.129. The molecule has 2 aromatic carbocycles. The van der Waals surface area contributed by atoms with Gasteiger partial charge in [0.05, 0.1) is 5.69 Å². The fraction of sp³-hybridized carbons (Fsp3) is 0.318. The van der Waals surface area contributed by atoms with Gasteiger partial charge in [-0.05, 0) is 55.0 Å². The van der Waals surface area contributed by atoms with Gasteiger partial charge >= 0.3 is 0 Å². The van der Waals surface area contributed by atoms with E-state index < -0.39 is 0 Å². The molecule has 2 heterocycles. The molecule has 0 unspecified atom stereocenters. The van der Waals surface area contributed by atoms with E-state index in [9.17, 15) is 4.79 Å². The van der Waals surface area contributed by atoms with Gasteiger partial charge in [0, 0.05) is 30.4 Å². The zero-order valence-corrected chi connectivity index (χ0v) is 15.2. The zero-order valence-electron chi connectivity index (χ0n) is 15.2. The van der Waals surface area contributed by atoms with Crippen LogP contribution in [0.5, 0.6) is 0 Å². The topological polar surface area (TPSA) is 71.0 Å². The highest BCUT2D eigenvalue weighted by atomic mass is 16.2. The maximum atomic E-state index is 12.5. The predicted octanol–water partition coefficient (Wildman–Crippen LogP) is 3.54. The van der Waals surface area contributed by atoms with E-state index in [0.717, 1.165) is 66.7 Å². The molecule has 0 aromatic heterocycles. The third kappa shape index (κ3) is 2.83. The zero-order chi connectivity index (χ0) is 18.4. The molecule has 27 heavy (non-hydrogen) atoms. The number of hydrogen-bond acceptors (Lipinski definition) is 4. The second-order valence-electron chi connectivity index (χ2n) is 7.64. The first-order valence-corrected chi connectivity index (χ1v) is 9.58. The lowest BCUT2D eigenvalue weighted by Gasteiger charge is -2.15. The predicted molar refractivity (Wildman–Crippen MR) is 108 cm³/mol. The molecule has 5 nitrogen and oxygen atoms in total. The molecule has 1 amide bonds. The van der Waals surface area contributed by atoms with Crippen LogP contribution in [0.25, 0.3) is 11.1 Å². The number of amides is 1. The lowest BCUT2D eigenvalue weighted by molar-refractivity contribution is 0.0793. The van der Waals surface area contributed by atoms with Crippen LogP contribution >= 0.6 is 0 Å². The quantitative estimate of drug-likeness (QED) is 0.892. The van der Waals surface area contributed by atoms with Crippen molar-refractivity contribution in [3.63, 3.8) is 0 Å². The average molecular weight is 358 g/mol. The molecular weight excluding hydrogens is 336 g/mol. The molecule has 2 aromatic rings. The van der Waals surface area contributed by atoms with Gasteiger partial charge in [-0.2, -0.15) is 0 Å². The molecule has 3 aliphatic rings. The Labute approximate surface area is 158 Å². The van der Waals surface area contributed by atoms with Gasteiger partial charge < -0.3 is 10.6 Å². The van der Waals surface area contributed by atoms with Gasteiger partial charge in [0.15, 0.2) is 0 Å². The summed E-state index contributed by atoms with van der Waals surface area (Å²) >= 11 is 0. The molecule has 0 atom stereocenters. The van der Waals surface area contributed by atoms with E-state index in [2.05, 4.69) is 16.1 Å². The van der Waals surface area contributed by atoms with Crippen molar-refractivity contribution in [1.82, 2.24) is 4.90 Å². The van der Waals surface area contributed by atoms with Crippen molar-refractivity contribution in [2.45, 2.75) is 31.2 Å². The first-order valence-electron chi connectivity index (χ1n) is 9.58. The third-order valence-corrected chi connectivity index (χ3v) is 5.78. The number of amidine groups is 1. The van der Waals surface area contributed by atoms with Gasteiger partial charge in [-0.25, -0.2) is 4.99 Å². The second-order valence-corrected chi connectivity index (χ2v) is 7.64. The van der Waals surface area contributed by atoms with Gasteiger partial charge in [0.2, 0.25) is 0 Å². The van der Waals surface area contributed by atoms with Gasteiger partial charge in [-0.1, -0.05) is 24.3 Å². The lowest BCUT2D eigenvalue weighted by atomic mass is 10.0. The summed E-state index contributed by atoms with van der Waals surface area (Å²) in [6, 6.07) is 14.0. The van der Waals surface area contributed by atoms with Crippen LogP contribution < -0.4 is 5.73 Å². The number of likely N-dealkylation sites (tertiary alicyclic amines) is 1.